The molecule has 0 fully saturated rings. The first kappa shape index (κ1) is 23.6. The lowest BCUT2D eigenvalue weighted by molar-refractivity contribution is -0.113. The third-order valence-electron chi connectivity index (χ3n) is 5.28. The lowest BCUT2D eigenvalue weighted by Crippen LogP contribution is -2.34. The van der Waals surface area contributed by atoms with E-state index in [1.807, 2.05) is 44.4 Å². The Morgan fingerprint density at radius 2 is 1.85 bits per heavy atom. The zero-order valence-corrected chi connectivity index (χ0v) is 19.8. The van der Waals surface area contributed by atoms with Crippen LogP contribution in [0.5, 0.6) is 11.5 Å². The van der Waals surface area contributed by atoms with Crippen LogP contribution in [0.1, 0.15) is 22.0 Å². The van der Waals surface area contributed by atoms with Crippen LogP contribution < -0.4 is 20.1 Å². The molecule has 3 aromatic rings. The summed E-state index contributed by atoms with van der Waals surface area (Å²) in [7, 11) is 3.96. The lowest BCUT2D eigenvalue weighted by Gasteiger charge is -2.25. The first-order valence-corrected chi connectivity index (χ1v) is 11.8. The molecule has 0 bridgehead atoms. The number of anilines is 1. The summed E-state index contributed by atoms with van der Waals surface area (Å²) < 4.78 is 10.6. The summed E-state index contributed by atoms with van der Waals surface area (Å²) in [6.07, 6.45) is 1.61. The number of pyridine rings is 1. The molecule has 1 atom stereocenters. The summed E-state index contributed by atoms with van der Waals surface area (Å²) in [5.74, 6) is 0.920. The molecule has 1 aliphatic heterocycles. The van der Waals surface area contributed by atoms with Gasteiger partial charge < -0.3 is 25.0 Å². The van der Waals surface area contributed by atoms with Crippen LogP contribution >= 0.6 is 11.8 Å². The number of carbonyl (C=O) groups excluding carboxylic acids is 2. The average molecular weight is 479 g/mol. The van der Waals surface area contributed by atoms with Crippen LogP contribution in [-0.4, -0.2) is 54.9 Å². The third-order valence-corrected chi connectivity index (χ3v) is 6.28. The van der Waals surface area contributed by atoms with Crippen molar-refractivity contribution in [2.75, 3.05) is 38.5 Å². The van der Waals surface area contributed by atoms with Crippen LogP contribution in [0.15, 0.2) is 71.9 Å². The molecule has 0 radical (unpaired) electrons. The molecule has 9 heteroatoms. The number of hydrogen-bond donors (Lipinski definition) is 2. The summed E-state index contributed by atoms with van der Waals surface area (Å²) in [5.41, 5.74) is 2.17. The summed E-state index contributed by atoms with van der Waals surface area (Å²) in [4.78, 5) is 31.8. The summed E-state index contributed by atoms with van der Waals surface area (Å²) in [5, 5.41) is 6.34. The van der Waals surface area contributed by atoms with Gasteiger partial charge in [0.2, 0.25) is 12.7 Å². The largest absolute Gasteiger partial charge is 0.454 e. The molecular formula is C25H26N4O4S. The molecule has 2 heterocycles. The first-order valence-electron chi connectivity index (χ1n) is 10.8. The summed E-state index contributed by atoms with van der Waals surface area (Å²) >= 11 is 1.21. The van der Waals surface area contributed by atoms with Gasteiger partial charge >= 0.3 is 0 Å². The van der Waals surface area contributed by atoms with Crippen molar-refractivity contribution < 1.29 is 19.1 Å². The minimum atomic E-state index is -0.227. The average Bonchev–Trinajstić information content (AvgIpc) is 3.31. The number of rotatable bonds is 9. The number of thioether (sulfide) groups is 1. The minimum Gasteiger partial charge on any atom is -0.454 e. The van der Waals surface area contributed by atoms with Crippen molar-refractivity contribution in [2.24, 2.45) is 0 Å². The number of fused-ring (bicyclic) bond motifs is 1. The standard InChI is InChI=1S/C25H26N4O4S/c1-29(2)20(17-7-4-3-5-8-17)14-27-24(31)19-9-6-12-26-25(19)34-15-23(30)28-18-10-11-21-22(13-18)33-16-32-21/h3-13,20H,14-16H2,1-2H3,(H,27,31)(H,28,30). The van der Waals surface area contributed by atoms with E-state index in [-0.39, 0.29) is 30.4 Å². The molecule has 1 aliphatic rings. The van der Waals surface area contributed by atoms with Gasteiger partial charge in [0.25, 0.3) is 5.91 Å². The lowest BCUT2D eigenvalue weighted by atomic mass is 10.1. The Morgan fingerprint density at radius 3 is 2.65 bits per heavy atom. The van der Waals surface area contributed by atoms with E-state index in [1.54, 1.807) is 36.5 Å². The molecule has 1 aromatic heterocycles. The third kappa shape index (κ3) is 5.86. The first-order chi connectivity index (χ1) is 16.5. The van der Waals surface area contributed by atoms with Crippen LogP contribution in [0.4, 0.5) is 5.69 Å². The molecule has 0 saturated carbocycles. The van der Waals surface area contributed by atoms with Crippen molar-refractivity contribution in [1.29, 1.82) is 0 Å². The van der Waals surface area contributed by atoms with Gasteiger partial charge in [-0.1, -0.05) is 42.1 Å². The molecule has 0 aliphatic carbocycles. The number of amides is 2. The van der Waals surface area contributed by atoms with Crippen LogP contribution in [0, 0.1) is 0 Å². The Morgan fingerprint density at radius 1 is 1.06 bits per heavy atom. The van der Waals surface area contributed by atoms with Gasteiger partial charge in [0, 0.05) is 24.5 Å². The number of nitrogens with one attached hydrogen (secondary N) is 2. The SMILES string of the molecule is CN(C)C(CNC(=O)c1cccnc1SCC(=O)Nc1ccc2c(c1)OCO2)c1ccccc1. The van der Waals surface area contributed by atoms with E-state index in [0.717, 1.165) is 5.56 Å². The molecule has 2 amide bonds. The van der Waals surface area contributed by atoms with Crippen LogP contribution in [0.3, 0.4) is 0 Å². The topological polar surface area (TPSA) is 92.8 Å². The number of likely N-dealkylation sites (N-methyl/N-ethyl adjacent to an activating group) is 1. The quantitative estimate of drug-likeness (QED) is 0.454. The molecule has 4 rings (SSSR count). The van der Waals surface area contributed by atoms with Crippen molar-refractivity contribution >= 4 is 29.3 Å². The summed E-state index contributed by atoms with van der Waals surface area (Å²) in [6, 6.07) is 18.7. The predicted molar refractivity (Wildman–Crippen MR) is 131 cm³/mol. The number of nitrogens with zero attached hydrogens (tertiary/aromatic N) is 2. The molecule has 1 unspecified atom stereocenters. The Labute approximate surface area is 202 Å². The molecule has 176 valence electrons. The van der Waals surface area contributed by atoms with Crippen molar-refractivity contribution in [3.63, 3.8) is 0 Å². The van der Waals surface area contributed by atoms with Gasteiger partial charge in [-0.05, 0) is 43.9 Å². The fourth-order valence-corrected chi connectivity index (χ4v) is 4.33. The van der Waals surface area contributed by atoms with E-state index in [9.17, 15) is 9.59 Å². The fraction of sp³-hybridized carbons (Fsp3) is 0.240. The van der Waals surface area contributed by atoms with Gasteiger partial charge in [-0.3, -0.25) is 9.59 Å². The fourth-order valence-electron chi connectivity index (χ4n) is 3.54. The molecule has 8 nitrogen and oxygen atoms in total. The second kappa shape index (κ2) is 11.0. The number of benzene rings is 2. The highest BCUT2D eigenvalue weighted by Crippen LogP contribution is 2.34. The molecule has 2 aromatic carbocycles. The number of carbonyl (C=O) groups is 2. The maximum Gasteiger partial charge on any atom is 0.254 e. The highest BCUT2D eigenvalue weighted by molar-refractivity contribution is 8.00. The van der Waals surface area contributed by atoms with Crippen molar-refractivity contribution in [2.45, 2.75) is 11.1 Å². The van der Waals surface area contributed by atoms with Crippen molar-refractivity contribution in [1.82, 2.24) is 15.2 Å². The van der Waals surface area contributed by atoms with E-state index >= 15 is 0 Å². The number of ether oxygens (including phenoxy) is 2. The predicted octanol–water partition coefficient (Wildman–Crippen LogP) is 3.57. The van der Waals surface area contributed by atoms with E-state index < -0.39 is 0 Å². The van der Waals surface area contributed by atoms with Crippen molar-refractivity contribution in [3.05, 3.63) is 78.0 Å². The maximum atomic E-state index is 13.0. The van der Waals surface area contributed by atoms with E-state index in [2.05, 4.69) is 20.5 Å². The zero-order chi connectivity index (χ0) is 23.9. The normalized spacial score (nSPS) is 12.9. The van der Waals surface area contributed by atoms with Crippen molar-refractivity contribution in [3.8, 4) is 11.5 Å². The van der Waals surface area contributed by atoms with Crippen LogP contribution in [0.25, 0.3) is 0 Å². The molecule has 0 saturated heterocycles. The van der Waals surface area contributed by atoms with Gasteiger partial charge in [-0.15, -0.1) is 0 Å². The number of hydrogen-bond acceptors (Lipinski definition) is 7. The Bertz CT molecular complexity index is 1160. The van der Waals surface area contributed by atoms with Gasteiger partial charge in [-0.25, -0.2) is 4.98 Å². The van der Waals surface area contributed by atoms with E-state index in [0.29, 0.717) is 34.3 Å². The highest BCUT2D eigenvalue weighted by Gasteiger charge is 2.19. The van der Waals surface area contributed by atoms with Gasteiger partial charge in [0.05, 0.1) is 17.4 Å². The molecule has 2 N–H and O–H groups in total. The Hall–Kier alpha value is -3.56. The second-order valence-electron chi connectivity index (χ2n) is 7.86. The van der Waals surface area contributed by atoms with Crippen LogP contribution in [0.2, 0.25) is 0 Å². The van der Waals surface area contributed by atoms with Crippen LogP contribution in [-0.2, 0) is 4.79 Å². The monoisotopic (exact) mass is 478 g/mol. The smallest absolute Gasteiger partial charge is 0.254 e. The van der Waals surface area contributed by atoms with Gasteiger partial charge in [0.15, 0.2) is 11.5 Å². The molecular weight excluding hydrogens is 452 g/mol. The zero-order valence-electron chi connectivity index (χ0n) is 19.0. The van der Waals surface area contributed by atoms with E-state index in [1.165, 1.54) is 11.8 Å². The molecule has 34 heavy (non-hydrogen) atoms. The summed E-state index contributed by atoms with van der Waals surface area (Å²) in [6.45, 7) is 0.618. The van der Waals surface area contributed by atoms with E-state index in [4.69, 9.17) is 9.47 Å². The number of aromatic nitrogens is 1. The second-order valence-corrected chi connectivity index (χ2v) is 8.83. The minimum absolute atomic E-state index is 0.0328. The molecule has 0 spiro atoms. The maximum absolute atomic E-state index is 13.0. The Balaban J connectivity index is 1.35. The highest BCUT2D eigenvalue weighted by atomic mass is 32.2. The Kier molecular flexibility index (Phi) is 7.66. The van der Waals surface area contributed by atoms with Gasteiger partial charge in [0.1, 0.15) is 5.03 Å². The van der Waals surface area contributed by atoms with Gasteiger partial charge in [-0.2, -0.15) is 0 Å².